The molecule has 0 atom stereocenters. The minimum Gasteiger partial charge on any atom is -0.478 e. The van der Waals surface area contributed by atoms with Gasteiger partial charge in [0.2, 0.25) is 0 Å². The Hall–Kier alpha value is -2.03. The van der Waals surface area contributed by atoms with Crippen molar-refractivity contribution in [1.29, 1.82) is 0 Å². The van der Waals surface area contributed by atoms with Crippen molar-refractivity contribution in [2.75, 3.05) is 0 Å². The van der Waals surface area contributed by atoms with E-state index in [1.165, 1.54) is 6.07 Å². The topological polar surface area (TPSA) is 50.4 Å². The van der Waals surface area contributed by atoms with E-state index in [-0.39, 0.29) is 5.56 Å². The highest BCUT2D eigenvalue weighted by molar-refractivity contribution is 5.94. The van der Waals surface area contributed by atoms with Crippen molar-refractivity contribution in [3.05, 3.63) is 47.7 Å². The molecule has 3 nitrogen and oxygen atoms in total. The summed E-state index contributed by atoms with van der Waals surface area (Å²) in [6, 6.07) is 10.7. The summed E-state index contributed by atoms with van der Waals surface area (Å²) >= 11 is 0. The summed E-state index contributed by atoms with van der Waals surface area (Å²) in [5.41, 5.74) is 0.988. The molecule has 0 bridgehead atoms. The molecule has 1 N–H and O–H groups in total. The lowest BCUT2D eigenvalue weighted by atomic mass is 10.1. The van der Waals surface area contributed by atoms with Gasteiger partial charge >= 0.3 is 5.97 Å². The van der Waals surface area contributed by atoms with Crippen LogP contribution in [0, 0.1) is 6.92 Å². The summed E-state index contributed by atoms with van der Waals surface area (Å²) in [6.07, 6.45) is 0. The molecule has 0 aliphatic carbocycles. The summed E-state index contributed by atoms with van der Waals surface area (Å²) in [5.74, 6) is 0.0533. The molecule has 0 aliphatic rings. The number of hydrogen-bond donors (Lipinski definition) is 1. The Balaban J connectivity index is 2.58. The maximum Gasteiger partial charge on any atom is 0.339 e. The van der Waals surface area contributed by atoms with Crippen molar-refractivity contribution >= 4 is 5.97 Å². The molecule has 0 saturated heterocycles. The van der Waals surface area contributed by atoms with E-state index in [0.717, 1.165) is 5.56 Å². The van der Waals surface area contributed by atoms with E-state index in [1.807, 2.05) is 30.3 Å². The molecule has 1 aromatic carbocycles. The minimum absolute atomic E-state index is 0.207. The SMILES string of the molecule is Cc1cc(C(=O)O)c(-c2ccccc2)o1. The van der Waals surface area contributed by atoms with Crippen LogP contribution in [0.2, 0.25) is 0 Å². The largest absolute Gasteiger partial charge is 0.478 e. The number of carbonyl (C=O) groups is 1. The number of benzene rings is 1. The zero-order valence-corrected chi connectivity index (χ0v) is 8.23. The first-order valence-corrected chi connectivity index (χ1v) is 4.57. The molecule has 0 saturated carbocycles. The first-order valence-electron chi connectivity index (χ1n) is 4.57. The maximum absolute atomic E-state index is 10.9. The van der Waals surface area contributed by atoms with Crippen LogP contribution in [0.25, 0.3) is 11.3 Å². The molecule has 3 heteroatoms. The standard InChI is InChI=1S/C12H10O3/c1-8-7-10(12(13)14)11(15-8)9-5-3-2-4-6-9/h2-7H,1H3,(H,13,14). The number of carboxylic acids is 1. The fourth-order valence-electron chi connectivity index (χ4n) is 1.48. The van der Waals surface area contributed by atoms with Crippen LogP contribution < -0.4 is 0 Å². The van der Waals surface area contributed by atoms with Gasteiger partial charge in [-0.1, -0.05) is 30.3 Å². The van der Waals surface area contributed by atoms with Crippen molar-refractivity contribution in [2.45, 2.75) is 6.92 Å². The molecule has 1 aromatic heterocycles. The van der Waals surface area contributed by atoms with Gasteiger partial charge in [0.25, 0.3) is 0 Å². The Morgan fingerprint density at radius 3 is 2.53 bits per heavy atom. The second-order valence-corrected chi connectivity index (χ2v) is 3.27. The van der Waals surface area contributed by atoms with E-state index in [9.17, 15) is 4.79 Å². The molecule has 0 radical (unpaired) electrons. The predicted molar refractivity (Wildman–Crippen MR) is 55.8 cm³/mol. The highest BCUT2D eigenvalue weighted by Crippen LogP contribution is 2.26. The van der Waals surface area contributed by atoms with Crippen LogP contribution in [0.1, 0.15) is 16.1 Å². The van der Waals surface area contributed by atoms with Gasteiger partial charge in [0.1, 0.15) is 17.1 Å². The Bertz CT molecular complexity index is 483. The second kappa shape index (κ2) is 3.61. The summed E-state index contributed by atoms with van der Waals surface area (Å²) < 4.78 is 5.38. The van der Waals surface area contributed by atoms with Crippen molar-refractivity contribution in [3.63, 3.8) is 0 Å². The number of rotatable bonds is 2. The minimum atomic E-state index is -0.967. The van der Waals surface area contributed by atoms with Crippen molar-refractivity contribution < 1.29 is 14.3 Å². The van der Waals surface area contributed by atoms with Crippen LogP contribution in [0.3, 0.4) is 0 Å². The fraction of sp³-hybridized carbons (Fsp3) is 0.0833. The van der Waals surface area contributed by atoms with E-state index < -0.39 is 5.97 Å². The van der Waals surface area contributed by atoms with Crippen molar-refractivity contribution in [2.24, 2.45) is 0 Å². The van der Waals surface area contributed by atoms with E-state index in [2.05, 4.69) is 0 Å². The average Bonchev–Trinajstić information content (AvgIpc) is 2.62. The first kappa shape index (κ1) is 9.52. The summed E-state index contributed by atoms with van der Waals surface area (Å²) in [5, 5.41) is 8.98. The third-order valence-corrected chi connectivity index (χ3v) is 2.12. The molecule has 2 aromatic rings. The molecule has 2 rings (SSSR count). The van der Waals surface area contributed by atoms with Gasteiger partial charge in [0, 0.05) is 5.56 Å². The third-order valence-electron chi connectivity index (χ3n) is 2.12. The molecule has 76 valence electrons. The number of aromatic carboxylic acids is 1. The number of furan rings is 1. The van der Waals surface area contributed by atoms with E-state index in [0.29, 0.717) is 11.5 Å². The summed E-state index contributed by atoms with van der Waals surface area (Å²) in [4.78, 5) is 10.9. The first-order chi connectivity index (χ1) is 7.18. The normalized spacial score (nSPS) is 10.2. The lowest BCUT2D eigenvalue weighted by Gasteiger charge is -1.97. The van der Waals surface area contributed by atoms with Crippen LogP contribution in [0.4, 0.5) is 0 Å². The molecule has 0 spiro atoms. The Kier molecular flexibility index (Phi) is 2.29. The summed E-state index contributed by atoms with van der Waals surface area (Å²) in [6.45, 7) is 1.74. The third kappa shape index (κ3) is 1.76. The lowest BCUT2D eigenvalue weighted by molar-refractivity contribution is 0.0697. The maximum atomic E-state index is 10.9. The van der Waals surface area contributed by atoms with Gasteiger partial charge < -0.3 is 9.52 Å². The molecule has 15 heavy (non-hydrogen) atoms. The zero-order valence-electron chi connectivity index (χ0n) is 8.23. The van der Waals surface area contributed by atoms with Crippen LogP contribution in [-0.4, -0.2) is 11.1 Å². The van der Waals surface area contributed by atoms with Crippen LogP contribution >= 0.6 is 0 Å². The Morgan fingerprint density at radius 2 is 1.93 bits per heavy atom. The number of aryl methyl sites for hydroxylation is 1. The molecular weight excluding hydrogens is 192 g/mol. The van der Waals surface area contributed by atoms with Crippen LogP contribution in [-0.2, 0) is 0 Å². The fourth-order valence-corrected chi connectivity index (χ4v) is 1.48. The van der Waals surface area contributed by atoms with Crippen molar-refractivity contribution in [3.8, 4) is 11.3 Å². The van der Waals surface area contributed by atoms with Gasteiger partial charge in [-0.25, -0.2) is 4.79 Å². The Morgan fingerprint density at radius 1 is 1.27 bits per heavy atom. The van der Waals surface area contributed by atoms with Gasteiger partial charge in [-0.2, -0.15) is 0 Å². The van der Waals surface area contributed by atoms with E-state index in [4.69, 9.17) is 9.52 Å². The molecule has 0 fully saturated rings. The van der Waals surface area contributed by atoms with E-state index in [1.54, 1.807) is 6.92 Å². The second-order valence-electron chi connectivity index (χ2n) is 3.27. The zero-order chi connectivity index (χ0) is 10.8. The molecule has 0 aliphatic heterocycles. The van der Waals surface area contributed by atoms with Crippen LogP contribution in [0.5, 0.6) is 0 Å². The quantitative estimate of drug-likeness (QED) is 0.814. The predicted octanol–water partition coefficient (Wildman–Crippen LogP) is 2.95. The van der Waals surface area contributed by atoms with Crippen molar-refractivity contribution in [1.82, 2.24) is 0 Å². The average molecular weight is 202 g/mol. The van der Waals surface area contributed by atoms with Gasteiger partial charge in [-0.15, -0.1) is 0 Å². The van der Waals surface area contributed by atoms with Gasteiger partial charge in [-0.3, -0.25) is 0 Å². The number of hydrogen-bond acceptors (Lipinski definition) is 2. The molecule has 1 heterocycles. The molecular formula is C12H10O3. The summed E-state index contributed by atoms with van der Waals surface area (Å²) in [7, 11) is 0. The highest BCUT2D eigenvalue weighted by atomic mass is 16.4. The van der Waals surface area contributed by atoms with Crippen LogP contribution in [0.15, 0.2) is 40.8 Å². The highest BCUT2D eigenvalue weighted by Gasteiger charge is 2.16. The van der Waals surface area contributed by atoms with Gasteiger partial charge in [0.15, 0.2) is 0 Å². The van der Waals surface area contributed by atoms with Gasteiger partial charge in [-0.05, 0) is 13.0 Å². The molecule has 0 amide bonds. The Labute approximate surface area is 87.0 Å². The smallest absolute Gasteiger partial charge is 0.339 e. The van der Waals surface area contributed by atoms with Gasteiger partial charge in [0.05, 0.1) is 0 Å². The monoisotopic (exact) mass is 202 g/mol. The van der Waals surface area contributed by atoms with E-state index >= 15 is 0 Å². The molecule has 0 unspecified atom stereocenters. The number of carboxylic acid groups (broad SMARTS) is 1. The lowest BCUT2D eigenvalue weighted by Crippen LogP contribution is -1.95.